The zero-order valence-corrected chi connectivity index (χ0v) is 15.9. The molecule has 2 heterocycles. The molecule has 0 aliphatic rings. The molecule has 0 spiro atoms. The fourth-order valence-electron chi connectivity index (χ4n) is 3.49. The molecule has 0 fully saturated rings. The maximum Gasteiger partial charge on any atom is 0.272 e. The van der Waals surface area contributed by atoms with Crippen LogP contribution < -0.4 is 5.56 Å². The average Bonchev–Trinajstić information content (AvgIpc) is 3.11. The summed E-state index contributed by atoms with van der Waals surface area (Å²) in [5.74, 6) is 0. The Balaban J connectivity index is 1.96. The summed E-state index contributed by atoms with van der Waals surface area (Å²) in [4.78, 5) is 19.4. The van der Waals surface area contributed by atoms with E-state index < -0.39 is 0 Å². The van der Waals surface area contributed by atoms with Gasteiger partial charge in [-0.3, -0.25) is 14.8 Å². The van der Waals surface area contributed by atoms with Gasteiger partial charge in [-0.25, -0.2) is 9.50 Å². The molecule has 1 atom stereocenters. The van der Waals surface area contributed by atoms with E-state index in [0.717, 1.165) is 25.8 Å². The minimum absolute atomic E-state index is 0.195. The molecule has 1 aromatic carbocycles. The monoisotopic (exact) mass is 363 g/mol. The number of nitrogens with one attached hydrogen (secondary N) is 1. The summed E-state index contributed by atoms with van der Waals surface area (Å²) < 4.78 is 1.31. The first-order valence-electron chi connectivity index (χ1n) is 9.47. The summed E-state index contributed by atoms with van der Waals surface area (Å²) in [6, 6.07) is 14.4. The van der Waals surface area contributed by atoms with Crippen LogP contribution in [0, 0.1) is 11.3 Å². The average molecular weight is 363 g/mol. The topological polar surface area (TPSA) is 77.2 Å². The lowest BCUT2D eigenvalue weighted by atomic mass is 10.0. The molecule has 6 nitrogen and oxygen atoms in total. The Hall–Kier alpha value is -2.91. The zero-order valence-electron chi connectivity index (χ0n) is 15.9. The van der Waals surface area contributed by atoms with Crippen molar-refractivity contribution in [1.82, 2.24) is 19.5 Å². The van der Waals surface area contributed by atoms with Crippen LogP contribution in [0.1, 0.15) is 56.0 Å². The van der Waals surface area contributed by atoms with Crippen LogP contribution in [-0.2, 0) is 6.54 Å². The third kappa shape index (κ3) is 4.09. The van der Waals surface area contributed by atoms with Gasteiger partial charge in [0.2, 0.25) is 0 Å². The van der Waals surface area contributed by atoms with E-state index in [9.17, 15) is 10.1 Å². The van der Waals surface area contributed by atoms with Crippen molar-refractivity contribution >= 4 is 5.65 Å². The third-order valence-electron chi connectivity index (χ3n) is 4.85. The summed E-state index contributed by atoms with van der Waals surface area (Å²) >= 11 is 0. The van der Waals surface area contributed by atoms with Crippen LogP contribution in [0.15, 0.2) is 47.4 Å². The van der Waals surface area contributed by atoms with Crippen molar-refractivity contribution in [3.63, 3.8) is 0 Å². The fraction of sp³-hybridized carbons (Fsp3) is 0.381. The van der Waals surface area contributed by atoms with Crippen LogP contribution in [-0.4, -0.2) is 26.0 Å². The van der Waals surface area contributed by atoms with E-state index in [2.05, 4.69) is 59.2 Å². The van der Waals surface area contributed by atoms with Crippen LogP contribution in [0.4, 0.5) is 0 Å². The molecule has 3 aromatic rings. The molecule has 0 aliphatic carbocycles. The summed E-state index contributed by atoms with van der Waals surface area (Å²) in [7, 11) is 0. The van der Waals surface area contributed by atoms with Crippen molar-refractivity contribution < 1.29 is 0 Å². The standard InChI is InChI=1S/C21H25N5O/c1-3-5-11-25(19(4-2)16-9-7-6-8-10-16)15-18-12-20(27)26-21(24-18)17(13-22)14-23-26/h6-10,12,14,19,23H,3-5,11,15H2,1-2H3. The van der Waals surface area contributed by atoms with Gasteiger partial charge >= 0.3 is 0 Å². The molecule has 2 aromatic heterocycles. The summed E-state index contributed by atoms with van der Waals surface area (Å²) in [5.41, 5.74) is 2.54. The van der Waals surface area contributed by atoms with Gasteiger partial charge < -0.3 is 0 Å². The minimum Gasteiger partial charge on any atom is -0.295 e. The van der Waals surface area contributed by atoms with Crippen molar-refractivity contribution in [3.8, 4) is 6.07 Å². The first-order valence-corrected chi connectivity index (χ1v) is 9.47. The number of nitrogens with zero attached hydrogens (tertiary/aromatic N) is 4. The smallest absolute Gasteiger partial charge is 0.272 e. The molecule has 6 heteroatoms. The predicted molar refractivity (Wildman–Crippen MR) is 105 cm³/mol. The Morgan fingerprint density at radius 2 is 2.07 bits per heavy atom. The first kappa shape index (κ1) is 18.9. The van der Waals surface area contributed by atoms with Gasteiger partial charge in [-0.2, -0.15) is 5.26 Å². The van der Waals surface area contributed by atoms with E-state index in [4.69, 9.17) is 0 Å². The number of hydrogen-bond acceptors (Lipinski definition) is 4. The van der Waals surface area contributed by atoms with Crippen LogP contribution in [0.2, 0.25) is 0 Å². The van der Waals surface area contributed by atoms with E-state index in [0.29, 0.717) is 23.4 Å². The van der Waals surface area contributed by atoms with Crippen LogP contribution in [0.25, 0.3) is 5.65 Å². The minimum atomic E-state index is -0.195. The number of hydrogen-bond donors (Lipinski definition) is 1. The maximum atomic E-state index is 12.4. The number of unbranched alkanes of at least 4 members (excludes halogenated alkanes) is 1. The highest BCUT2D eigenvalue weighted by atomic mass is 16.1. The molecule has 27 heavy (non-hydrogen) atoms. The first-order chi connectivity index (χ1) is 13.2. The van der Waals surface area contributed by atoms with E-state index in [1.807, 2.05) is 6.07 Å². The van der Waals surface area contributed by atoms with Crippen molar-refractivity contribution in [3.05, 3.63) is 69.8 Å². The van der Waals surface area contributed by atoms with Crippen LogP contribution >= 0.6 is 0 Å². The van der Waals surface area contributed by atoms with Gasteiger partial charge in [0.1, 0.15) is 11.6 Å². The molecule has 0 bridgehead atoms. The van der Waals surface area contributed by atoms with Gasteiger partial charge in [0, 0.05) is 24.8 Å². The SMILES string of the molecule is CCCCN(Cc1cc(=O)n2[nH]cc(C#N)c2n1)C(CC)c1ccccc1. The Labute approximate surface area is 159 Å². The number of nitriles is 1. The van der Waals surface area contributed by atoms with Gasteiger partial charge in [-0.15, -0.1) is 0 Å². The van der Waals surface area contributed by atoms with Gasteiger partial charge in [0.25, 0.3) is 5.56 Å². The van der Waals surface area contributed by atoms with E-state index in [-0.39, 0.29) is 11.6 Å². The molecule has 0 amide bonds. The molecule has 0 saturated heterocycles. The second-order valence-corrected chi connectivity index (χ2v) is 6.70. The Bertz CT molecular complexity index is 983. The van der Waals surface area contributed by atoms with Crippen molar-refractivity contribution in [1.29, 1.82) is 5.26 Å². The van der Waals surface area contributed by atoms with Gasteiger partial charge in [0.15, 0.2) is 5.65 Å². The highest BCUT2D eigenvalue weighted by Crippen LogP contribution is 2.26. The third-order valence-corrected chi connectivity index (χ3v) is 4.85. The Morgan fingerprint density at radius 1 is 1.30 bits per heavy atom. The molecule has 0 radical (unpaired) electrons. The largest absolute Gasteiger partial charge is 0.295 e. The highest BCUT2D eigenvalue weighted by Gasteiger charge is 2.20. The van der Waals surface area contributed by atoms with Crippen LogP contribution in [0.3, 0.4) is 0 Å². The lowest BCUT2D eigenvalue weighted by Crippen LogP contribution is -2.30. The summed E-state index contributed by atoms with van der Waals surface area (Å²) in [5, 5.41) is 12.0. The number of fused-ring (bicyclic) bond motifs is 1. The number of aromatic nitrogens is 3. The predicted octanol–water partition coefficient (Wildman–Crippen LogP) is 3.65. The zero-order chi connectivity index (χ0) is 19.2. The quantitative estimate of drug-likeness (QED) is 0.663. The number of benzene rings is 1. The van der Waals surface area contributed by atoms with Crippen LogP contribution in [0.5, 0.6) is 0 Å². The molecule has 1 unspecified atom stereocenters. The Morgan fingerprint density at radius 3 is 2.74 bits per heavy atom. The van der Waals surface area contributed by atoms with E-state index >= 15 is 0 Å². The molecule has 3 rings (SSSR count). The fourth-order valence-corrected chi connectivity index (χ4v) is 3.49. The highest BCUT2D eigenvalue weighted by molar-refractivity contribution is 5.53. The molecular formula is C21H25N5O. The molecule has 0 saturated carbocycles. The molecule has 140 valence electrons. The van der Waals surface area contributed by atoms with Crippen molar-refractivity contribution in [2.24, 2.45) is 0 Å². The van der Waals surface area contributed by atoms with E-state index in [1.54, 1.807) is 6.07 Å². The molecule has 1 N–H and O–H groups in total. The number of aromatic amines is 1. The number of H-pyrrole nitrogens is 1. The normalized spacial score (nSPS) is 12.4. The molecule has 0 aliphatic heterocycles. The second-order valence-electron chi connectivity index (χ2n) is 6.70. The van der Waals surface area contributed by atoms with Crippen molar-refractivity contribution in [2.75, 3.05) is 6.54 Å². The van der Waals surface area contributed by atoms with Gasteiger partial charge in [0.05, 0.1) is 5.69 Å². The molecular weight excluding hydrogens is 338 g/mol. The lowest BCUT2D eigenvalue weighted by molar-refractivity contribution is 0.178. The van der Waals surface area contributed by atoms with Gasteiger partial charge in [-0.1, -0.05) is 50.6 Å². The summed E-state index contributed by atoms with van der Waals surface area (Å²) in [6.45, 7) is 5.87. The summed E-state index contributed by atoms with van der Waals surface area (Å²) in [6.07, 6.45) is 4.68. The maximum absolute atomic E-state index is 12.4. The lowest BCUT2D eigenvalue weighted by Gasteiger charge is -2.31. The van der Waals surface area contributed by atoms with Gasteiger partial charge in [-0.05, 0) is 24.9 Å². The Kier molecular flexibility index (Phi) is 6.05. The van der Waals surface area contributed by atoms with Crippen molar-refractivity contribution in [2.45, 2.75) is 45.7 Å². The second kappa shape index (κ2) is 8.65. The number of rotatable bonds is 8. The van der Waals surface area contributed by atoms with E-state index in [1.165, 1.54) is 16.3 Å².